The molecule has 0 saturated carbocycles. The maximum Gasteiger partial charge on any atom is 0.0837 e. The van der Waals surface area contributed by atoms with Gasteiger partial charge in [-0.25, -0.2) is 0 Å². The zero-order chi connectivity index (χ0) is 13.3. The maximum absolute atomic E-state index is 6.36. The molecule has 0 bridgehead atoms. The van der Waals surface area contributed by atoms with Gasteiger partial charge in [0, 0.05) is 29.6 Å². The van der Waals surface area contributed by atoms with Crippen LogP contribution in [0.3, 0.4) is 0 Å². The predicted octanol–water partition coefficient (Wildman–Crippen LogP) is 4.33. The molecule has 5 heteroatoms. The highest BCUT2D eigenvalue weighted by atomic mass is 79.9. The van der Waals surface area contributed by atoms with Crippen LogP contribution in [0, 0.1) is 0 Å². The number of anilines is 1. The monoisotopic (exact) mass is 350 g/mol. The van der Waals surface area contributed by atoms with Gasteiger partial charge in [-0.15, -0.1) is 0 Å². The number of piperazine rings is 1. The largest absolute Gasteiger partial charge is 0.365 e. The Hall–Kier alpha value is 0.0400. The Bertz CT molecular complexity index is 439. The van der Waals surface area contributed by atoms with Crippen molar-refractivity contribution in [2.24, 2.45) is 0 Å². The highest BCUT2D eigenvalue weighted by Crippen LogP contribution is 2.38. The fraction of sp³-hybridized carbons (Fsp3) is 0.538. The minimum Gasteiger partial charge on any atom is -0.365 e. The lowest BCUT2D eigenvalue weighted by atomic mass is 10.1. The van der Waals surface area contributed by atoms with Crippen LogP contribution in [0.15, 0.2) is 16.6 Å². The third-order valence-electron chi connectivity index (χ3n) is 3.47. The van der Waals surface area contributed by atoms with Gasteiger partial charge in [0.2, 0.25) is 0 Å². The summed E-state index contributed by atoms with van der Waals surface area (Å²) in [6.07, 6.45) is 1.12. The molecule has 1 aromatic carbocycles. The van der Waals surface area contributed by atoms with Gasteiger partial charge in [0.1, 0.15) is 0 Å². The van der Waals surface area contributed by atoms with Crippen molar-refractivity contribution in [2.75, 3.05) is 18.0 Å². The van der Waals surface area contributed by atoms with E-state index in [1.54, 1.807) is 0 Å². The Kier molecular flexibility index (Phi) is 4.81. The van der Waals surface area contributed by atoms with E-state index in [1.165, 1.54) is 0 Å². The number of nitrogens with one attached hydrogen (secondary N) is 1. The van der Waals surface area contributed by atoms with Crippen LogP contribution in [-0.2, 0) is 0 Å². The minimum absolute atomic E-state index is 0.419. The molecule has 0 amide bonds. The van der Waals surface area contributed by atoms with E-state index in [1.807, 2.05) is 12.1 Å². The van der Waals surface area contributed by atoms with Gasteiger partial charge in [-0.1, -0.05) is 30.1 Å². The maximum atomic E-state index is 6.36. The average Bonchev–Trinajstić information content (AvgIpc) is 2.37. The van der Waals surface area contributed by atoms with Crippen LogP contribution in [0.25, 0.3) is 0 Å². The van der Waals surface area contributed by atoms with Crippen molar-refractivity contribution in [1.82, 2.24) is 5.32 Å². The highest BCUT2D eigenvalue weighted by Gasteiger charge is 2.26. The summed E-state index contributed by atoms with van der Waals surface area (Å²) in [7, 11) is 0. The standard InChI is InChI=1S/C13H17BrCl2N2/c1-3-9-7-18(8(2)6-17-9)11-5-4-10(14)12(15)13(11)16/h4-5,8-9,17H,3,6-7H2,1-2H3. The molecule has 2 unspecified atom stereocenters. The van der Waals surface area contributed by atoms with Crippen LogP contribution >= 0.6 is 39.1 Å². The van der Waals surface area contributed by atoms with E-state index in [0.29, 0.717) is 22.1 Å². The molecule has 1 aliphatic rings. The number of halogens is 3. The molecule has 1 saturated heterocycles. The molecule has 0 aromatic heterocycles. The zero-order valence-corrected chi connectivity index (χ0v) is 13.6. The molecule has 2 atom stereocenters. The summed E-state index contributed by atoms with van der Waals surface area (Å²) in [5.74, 6) is 0. The van der Waals surface area contributed by atoms with E-state index in [4.69, 9.17) is 23.2 Å². The second-order valence-corrected chi connectivity index (χ2v) is 6.32. The zero-order valence-electron chi connectivity index (χ0n) is 10.5. The van der Waals surface area contributed by atoms with Gasteiger partial charge < -0.3 is 10.2 Å². The number of benzene rings is 1. The van der Waals surface area contributed by atoms with Crippen molar-refractivity contribution in [3.05, 3.63) is 26.7 Å². The Morgan fingerprint density at radius 2 is 2.11 bits per heavy atom. The molecule has 0 radical (unpaired) electrons. The topological polar surface area (TPSA) is 15.3 Å². The first-order chi connectivity index (χ1) is 8.54. The fourth-order valence-electron chi connectivity index (χ4n) is 2.28. The van der Waals surface area contributed by atoms with Gasteiger partial charge in [-0.2, -0.15) is 0 Å². The summed E-state index contributed by atoms with van der Waals surface area (Å²) in [4.78, 5) is 2.34. The van der Waals surface area contributed by atoms with Gasteiger partial charge in [0.25, 0.3) is 0 Å². The molecule has 18 heavy (non-hydrogen) atoms. The SMILES string of the molecule is CCC1CN(c2ccc(Br)c(Cl)c2Cl)C(C)CN1. The molecule has 1 N–H and O–H groups in total. The van der Waals surface area contributed by atoms with E-state index in [2.05, 4.69) is 40.0 Å². The molecule has 1 aromatic rings. The Labute approximate surface area is 127 Å². The summed E-state index contributed by atoms with van der Waals surface area (Å²) in [6, 6.07) is 4.92. The second kappa shape index (κ2) is 6.00. The second-order valence-electron chi connectivity index (χ2n) is 4.71. The molecule has 1 aliphatic heterocycles. The predicted molar refractivity (Wildman–Crippen MR) is 83.1 cm³/mol. The molecular formula is C13H17BrCl2N2. The fourth-order valence-corrected chi connectivity index (χ4v) is 3.15. The van der Waals surface area contributed by atoms with E-state index in [0.717, 1.165) is 29.7 Å². The molecule has 2 nitrogen and oxygen atoms in total. The third-order valence-corrected chi connectivity index (χ3v) is 5.23. The number of hydrogen-bond acceptors (Lipinski definition) is 2. The Morgan fingerprint density at radius 3 is 2.78 bits per heavy atom. The van der Waals surface area contributed by atoms with Crippen molar-refractivity contribution in [1.29, 1.82) is 0 Å². The third kappa shape index (κ3) is 2.79. The van der Waals surface area contributed by atoms with E-state index in [-0.39, 0.29) is 0 Å². The van der Waals surface area contributed by atoms with Crippen molar-refractivity contribution in [2.45, 2.75) is 32.4 Å². The van der Waals surface area contributed by atoms with E-state index < -0.39 is 0 Å². The van der Waals surface area contributed by atoms with Crippen LogP contribution in [0.4, 0.5) is 5.69 Å². The van der Waals surface area contributed by atoms with Crippen LogP contribution in [0.1, 0.15) is 20.3 Å². The van der Waals surface area contributed by atoms with Crippen molar-refractivity contribution in [3.8, 4) is 0 Å². The van der Waals surface area contributed by atoms with Crippen molar-refractivity contribution < 1.29 is 0 Å². The first-order valence-corrected chi connectivity index (χ1v) is 7.73. The molecule has 1 heterocycles. The quantitative estimate of drug-likeness (QED) is 0.797. The average molecular weight is 352 g/mol. The summed E-state index contributed by atoms with van der Waals surface area (Å²) < 4.78 is 0.841. The van der Waals surface area contributed by atoms with Crippen LogP contribution in [0.5, 0.6) is 0 Å². The first kappa shape index (κ1) is 14.4. The van der Waals surface area contributed by atoms with Crippen LogP contribution < -0.4 is 10.2 Å². The first-order valence-electron chi connectivity index (χ1n) is 6.18. The summed E-state index contributed by atoms with van der Waals surface area (Å²) >= 11 is 16.0. The van der Waals surface area contributed by atoms with Crippen LogP contribution in [0.2, 0.25) is 10.0 Å². The van der Waals surface area contributed by atoms with Gasteiger partial charge in [-0.3, -0.25) is 0 Å². The molecule has 2 rings (SSSR count). The lowest BCUT2D eigenvalue weighted by molar-refractivity contribution is 0.397. The molecule has 1 fully saturated rings. The van der Waals surface area contributed by atoms with Gasteiger partial charge in [0.05, 0.1) is 15.7 Å². The van der Waals surface area contributed by atoms with Crippen molar-refractivity contribution >= 4 is 44.8 Å². The molecular weight excluding hydrogens is 335 g/mol. The van der Waals surface area contributed by atoms with Crippen molar-refractivity contribution in [3.63, 3.8) is 0 Å². The van der Waals surface area contributed by atoms with Gasteiger partial charge >= 0.3 is 0 Å². The summed E-state index contributed by atoms with van der Waals surface area (Å²) in [5.41, 5.74) is 1.03. The Morgan fingerprint density at radius 1 is 1.39 bits per heavy atom. The van der Waals surface area contributed by atoms with Gasteiger partial charge in [0.15, 0.2) is 0 Å². The normalized spacial score (nSPS) is 24.4. The van der Waals surface area contributed by atoms with Crippen LogP contribution in [-0.4, -0.2) is 25.2 Å². The highest BCUT2D eigenvalue weighted by molar-refractivity contribution is 9.10. The summed E-state index contributed by atoms with van der Waals surface area (Å²) in [5, 5.41) is 4.76. The molecule has 100 valence electrons. The van der Waals surface area contributed by atoms with E-state index in [9.17, 15) is 0 Å². The smallest absolute Gasteiger partial charge is 0.0837 e. The number of hydrogen-bond donors (Lipinski definition) is 1. The lowest BCUT2D eigenvalue weighted by Gasteiger charge is -2.40. The minimum atomic E-state index is 0.419. The Balaban J connectivity index is 2.32. The molecule has 0 aliphatic carbocycles. The van der Waals surface area contributed by atoms with Gasteiger partial charge in [-0.05, 0) is 41.4 Å². The number of nitrogens with zero attached hydrogens (tertiary/aromatic N) is 1. The lowest BCUT2D eigenvalue weighted by Crippen LogP contribution is -2.55. The summed E-state index contributed by atoms with van der Waals surface area (Å²) in [6.45, 7) is 6.34. The molecule has 0 spiro atoms. The van der Waals surface area contributed by atoms with E-state index >= 15 is 0 Å². The number of rotatable bonds is 2.